The number of aryl methyl sites for hydroxylation is 1. The van der Waals surface area contributed by atoms with Crippen molar-refractivity contribution in [3.05, 3.63) is 65.5 Å². The van der Waals surface area contributed by atoms with Crippen molar-refractivity contribution in [3.8, 4) is 0 Å². The van der Waals surface area contributed by atoms with Gasteiger partial charge in [0, 0.05) is 18.7 Å². The number of rotatable bonds is 8. The highest BCUT2D eigenvalue weighted by molar-refractivity contribution is 7.79. The number of carbonyl (C=O) groups is 1. The predicted molar refractivity (Wildman–Crippen MR) is 104 cm³/mol. The number of anilines is 1. The van der Waals surface area contributed by atoms with Crippen LogP contribution >= 0.6 is 0 Å². The molecule has 0 atom stereocenters. The van der Waals surface area contributed by atoms with Gasteiger partial charge in [-0.25, -0.2) is 4.39 Å². The van der Waals surface area contributed by atoms with Crippen molar-refractivity contribution in [1.82, 2.24) is 5.43 Å². The van der Waals surface area contributed by atoms with Crippen molar-refractivity contribution in [2.75, 3.05) is 11.9 Å². The van der Waals surface area contributed by atoms with E-state index >= 15 is 0 Å². The third kappa shape index (κ3) is 12.1. The molecule has 6 N–H and O–H groups in total. The van der Waals surface area contributed by atoms with Gasteiger partial charge in [0.1, 0.15) is 5.82 Å². The van der Waals surface area contributed by atoms with Crippen molar-refractivity contribution in [3.63, 3.8) is 0 Å². The second-order valence-electron chi connectivity index (χ2n) is 5.88. The molecule has 0 fully saturated rings. The van der Waals surface area contributed by atoms with Crippen LogP contribution in [0.2, 0.25) is 0 Å². The van der Waals surface area contributed by atoms with Gasteiger partial charge in [-0.2, -0.15) is 8.42 Å². The minimum Gasteiger partial charge on any atom is -0.326 e. The van der Waals surface area contributed by atoms with Gasteiger partial charge >= 0.3 is 10.4 Å². The average Bonchev–Trinajstić information content (AvgIpc) is 2.61. The Morgan fingerprint density at radius 1 is 0.964 bits per heavy atom. The van der Waals surface area contributed by atoms with Crippen LogP contribution in [0.5, 0.6) is 0 Å². The van der Waals surface area contributed by atoms with Crippen LogP contribution < -0.4 is 16.6 Å². The Morgan fingerprint density at radius 3 is 2.00 bits per heavy atom. The second-order valence-corrected chi connectivity index (χ2v) is 6.77. The smallest absolute Gasteiger partial charge is 0.326 e. The summed E-state index contributed by atoms with van der Waals surface area (Å²) in [5.41, 5.74) is 5.61. The van der Waals surface area contributed by atoms with E-state index in [1.807, 2.05) is 24.3 Å². The predicted octanol–water partition coefficient (Wildman–Crippen LogP) is 2.14. The molecule has 0 aliphatic carbocycles. The molecule has 0 saturated heterocycles. The molecule has 0 heterocycles. The lowest BCUT2D eigenvalue weighted by atomic mass is 10.1. The molecule has 28 heavy (non-hydrogen) atoms. The lowest BCUT2D eigenvalue weighted by molar-refractivity contribution is -0.116. The van der Waals surface area contributed by atoms with Crippen molar-refractivity contribution >= 4 is 22.0 Å². The summed E-state index contributed by atoms with van der Waals surface area (Å²) in [6.45, 7) is 0.717. The zero-order chi connectivity index (χ0) is 21.0. The van der Waals surface area contributed by atoms with Crippen molar-refractivity contribution in [2.45, 2.75) is 25.7 Å². The summed E-state index contributed by atoms with van der Waals surface area (Å²) < 4.78 is 44.4. The topological polar surface area (TPSA) is 142 Å². The zero-order valence-electron chi connectivity index (χ0n) is 15.1. The Labute approximate surface area is 163 Å². The lowest BCUT2D eigenvalue weighted by Gasteiger charge is -2.07. The monoisotopic (exact) mass is 413 g/mol. The first-order valence-electron chi connectivity index (χ1n) is 8.44. The number of hydrogen-bond donors (Lipinski definition) is 5. The third-order valence-corrected chi connectivity index (χ3v) is 3.58. The molecule has 154 valence electrons. The molecule has 0 radical (unpaired) electrons. The first-order valence-corrected chi connectivity index (χ1v) is 9.83. The van der Waals surface area contributed by atoms with Gasteiger partial charge in [0.2, 0.25) is 5.91 Å². The van der Waals surface area contributed by atoms with Gasteiger partial charge < -0.3 is 5.32 Å². The fourth-order valence-electron chi connectivity index (χ4n) is 2.30. The molecule has 8 nitrogen and oxygen atoms in total. The molecular weight excluding hydrogens is 389 g/mol. The van der Waals surface area contributed by atoms with Crippen molar-refractivity contribution < 1.29 is 26.7 Å². The Bertz CT molecular complexity index is 819. The van der Waals surface area contributed by atoms with Crippen molar-refractivity contribution in [2.24, 2.45) is 5.84 Å². The normalized spacial score (nSPS) is 10.7. The maximum Gasteiger partial charge on any atom is 0.394 e. The summed E-state index contributed by atoms with van der Waals surface area (Å²) in [5.74, 6) is 4.99. The Hall–Kier alpha value is -2.37. The van der Waals surface area contributed by atoms with Crippen LogP contribution in [0.4, 0.5) is 10.1 Å². The van der Waals surface area contributed by atoms with Crippen LogP contribution in [0.25, 0.3) is 0 Å². The van der Waals surface area contributed by atoms with E-state index in [1.165, 1.54) is 12.1 Å². The molecule has 2 aromatic rings. The molecule has 10 heteroatoms. The number of nitrogens with one attached hydrogen (secondary N) is 2. The van der Waals surface area contributed by atoms with Gasteiger partial charge in [0.05, 0.1) is 0 Å². The molecule has 0 aliphatic rings. The van der Waals surface area contributed by atoms with Crippen molar-refractivity contribution in [1.29, 1.82) is 0 Å². The summed E-state index contributed by atoms with van der Waals surface area (Å²) >= 11 is 0. The standard InChI is InChI=1S/C18H22FN3O.H2O4S/c19-16-8-4-14(5-9-16)2-1-3-18(23)22-17-10-6-15(7-11-17)12-13-21-20;1-5(2,3)4/h4-11,21H,1-3,12-13,20H2,(H,22,23);(H2,1,2,3,4). The van der Waals surface area contributed by atoms with Gasteiger partial charge in [-0.15, -0.1) is 0 Å². The molecule has 2 rings (SSSR count). The van der Waals surface area contributed by atoms with Gasteiger partial charge in [-0.05, 0) is 54.7 Å². The Morgan fingerprint density at radius 2 is 1.46 bits per heavy atom. The van der Waals surface area contributed by atoms with Gasteiger partial charge in [0.25, 0.3) is 0 Å². The summed E-state index contributed by atoms with van der Waals surface area (Å²) in [5, 5.41) is 2.88. The van der Waals surface area contributed by atoms with Crippen LogP contribution in [-0.2, 0) is 28.0 Å². The largest absolute Gasteiger partial charge is 0.394 e. The number of nitrogens with two attached hydrogens (primary N) is 1. The van der Waals surface area contributed by atoms with Crippen LogP contribution in [-0.4, -0.2) is 30.0 Å². The van der Waals surface area contributed by atoms with Gasteiger partial charge in [0.15, 0.2) is 0 Å². The average molecular weight is 413 g/mol. The minimum absolute atomic E-state index is 0.0107. The molecule has 0 aromatic heterocycles. The highest BCUT2D eigenvalue weighted by Gasteiger charge is 2.03. The molecule has 2 aromatic carbocycles. The van der Waals surface area contributed by atoms with Crippen LogP contribution in [0.1, 0.15) is 24.0 Å². The summed E-state index contributed by atoms with van der Waals surface area (Å²) in [6, 6.07) is 14.1. The minimum atomic E-state index is -4.67. The molecule has 0 bridgehead atoms. The molecule has 1 amide bonds. The maximum atomic E-state index is 12.8. The molecule has 0 aliphatic heterocycles. The maximum absolute atomic E-state index is 12.8. The summed E-state index contributed by atoms with van der Waals surface area (Å²) in [6.07, 6.45) is 2.79. The number of benzene rings is 2. The van der Waals surface area contributed by atoms with Gasteiger partial charge in [-0.1, -0.05) is 24.3 Å². The third-order valence-electron chi connectivity index (χ3n) is 3.58. The van der Waals surface area contributed by atoms with E-state index in [4.69, 9.17) is 23.4 Å². The highest BCUT2D eigenvalue weighted by Crippen LogP contribution is 2.12. The van der Waals surface area contributed by atoms with Gasteiger partial charge in [-0.3, -0.25) is 25.2 Å². The summed E-state index contributed by atoms with van der Waals surface area (Å²) in [4.78, 5) is 11.9. The van der Waals surface area contributed by atoms with Crippen LogP contribution in [0, 0.1) is 5.82 Å². The van der Waals surface area contributed by atoms with E-state index in [0.717, 1.165) is 42.6 Å². The zero-order valence-corrected chi connectivity index (χ0v) is 16.0. The molecule has 0 unspecified atom stereocenters. The van der Waals surface area contributed by atoms with Crippen LogP contribution in [0.15, 0.2) is 48.5 Å². The summed E-state index contributed by atoms with van der Waals surface area (Å²) in [7, 11) is -4.67. The fourth-order valence-corrected chi connectivity index (χ4v) is 2.30. The van der Waals surface area contributed by atoms with E-state index in [9.17, 15) is 9.18 Å². The van der Waals surface area contributed by atoms with E-state index in [1.54, 1.807) is 12.1 Å². The first kappa shape index (κ1) is 23.7. The molecule has 0 saturated carbocycles. The second kappa shape index (κ2) is 12.2. The number of halogens is 1. The number of amides is 1. The van der Waals surface area contributed by atoms with E-state index < -0.39 is 10.4 Å². The lowest BCUT2D eigenvalue weighted by Crippen LogP contribution is -2.24. The Kier molecular flexibility index (Phi) is 10.3. The first-order chi connectivity index (χ1) is 13.2. The number of carbonyl (C=O) groups excluding carboxylic acids is 1. The van der Waals surface area contributed by atoms with E-state index in [-0.39, 0.29) is 11.7 Å². The van der Waals surface area contributed by atoms with E-state index in [2.05, 4.69) is 10.7 Å². The Balaban J connectivity index is 0.000000696. The molecule has 0 spiro atoms. The SMILES string of the molecule is NNCCc1ccc(NC(=O)CCCc2ccc(F)cc2)cc1.O=S(=O)(O)O. The van der Waals surface area contributed by atoms with E-state index in [0.29, 0.717) is 6.42 Å². The van der Waals surface area contributed by atoms with Crippen LogP contribution in [0.3, 0.4) is 0 Å². The number of hydrazine groups is 1. The number of hydrogen-bond acceptors (Lipinski definition) is 5. The molecular formula is C18H24FN3O5S. The fraction of sp³-hybridized carbons (Fsp3) is 0.278. The quantitative estimate of drug-likeness (QED) is 0.253. The highest BCUT2D eigenvalue weighted by atomic mass is 32.3.